The van der Waals surface area contributed by atoms with E-state index in [2.05, 4.69) is 28.6 Å². The number of rotatable bonds is 4. The van der Waals surface area contributed by atoms with Crippen LogP contribution in [0.5, 0.6) is 5.75 Å². The molecule has 0 saturated carbocycles. The van der Waals surface area contributed by atoms with Crippen molar-refractivity contribution in [3.05, 3.63) is 46.8 Å². The zero-order valence-electron chi connectivity index (χ0n) is 8.51. The molecular weight excluding hydrogens is 240 g/mol. The van der Waals surface area contributed by atoms with Gasteiger partial charge in [0.15, 0.2) is 0 Å². The fourth-order valence-corrected chi connectivity index (χ4v) is 1.63. The molecule has 0 amide bonds. The van der Waals surface area contributed by atoms with Crippen molar-refractivity contribution in [2.24, 2.45) is 0 Å². The predicted molar refractivity (Wildman–Crippen MR) is 63.5 cm³/mol. The largest absolute Gasteiger partial charge is 0.494 e. The van der Waals surface area contributed by atoms with Crippen molar-refractivity contribution in [1.82, 2.24) is 0 Å². The van der Waals surface area contributed by atoms with Gasteiger partial charge in [0.1, 0.15) is 5.75 Å². The molecular formula is C12H14BrO. The molecule has 0 bridgehead atoms. The van der Waals surface area contributed by atoms with Gasteiger partial charge in [-0.15, -0.1) is 6.58 Å². The quantitative estimate of drug-likeness (QED) is 0.789. The van der Waals surface area contributed by atoms with Crippen LogP contribution in [-0.2, 0) is 0 Å². The lowest BCUT2D eigenvalue weighted by Gasteiger charge is -2.09. The molecule has 0 fully saturated rings. The Kier molecular flexibility index (Phi) is 4.21. The molecule has 0 aliphatic heterocycles. The van der Waals surface area contributed by atoms with Crippen LogP contribution in [0.25, 0.3) is 0 Å². The molecule has 1 radical (unpaired) electrons. The summed E-state index contributed by atoms with van der Waals surface area (Å²) in [5, 5.41) is 0. The Hall–Kier alpha value is -0.760. The molecule has 0 heterocycles. The van der Waals surface area contributed by atoms with E-state index in [1.165, 1.54) is 0 Å². The van der Waals surface area contributed by atoms with Gasteiger partial charge in [0.25, 0.3) is 0 Å². The molecule has 0 atom stereocenters. The van der Waals surface area contributed by atoms with Gasteiger partial charge in [-0.25, -0.2) is 0 Å². The summed E-state index contributed by atoms with van der Waals surface area (Å²) in [4.78, 5) is 0. The fourth-order valence-electron chi connectivity index (χ4n) is 1.16. The monoisotopic (exact) mass is 253 g/mol. The van der Waals surface area contributed by atoms with Crippen LogP contribution in [-0.4, -0.2) is 6.61 Å². The second-order valence-corrected chi connectivity index (χ2v) is 3.91. The molecule has 0 aliphatic carbocycles. The summed E-state index contributed by atoms with van der Waals surface area (Å²) >= 11 is 3.45. The van der Waals surface area contributed by atoms with Crippen molar-refractivity contribution < 1.29 is 4.74 Å². The molecule has 0 spiro atoms. The molecule has 1 nitrogen and oxygen atoms in total. The molecule has 2 heteroatoms. The van der Waals surface area contributed by atoms with Crippen molar-refractivity contribution in [2.45, 2.75) is 13.8 Å². The van der Waals surface area contributed by atoms with E-state index in [0.717, 1.165) is 21.7 Å². The average Bonchev–Trinajstić information content (AvgIpc) is 2.16. The van der Waals surface area contributed by atoms with Gasteiger partial charge in [-0.05, 0) is 30.7 Å². The third-order valence-corrected chi connectivity index (χ3v) is 2.40. The summed E-state index contributed by atoms with van der Waals surface area (Å²) in [6.07, 6.45) is 1.84. The number of ether oxygens (including phenoxy) is 1. The summed E-state index contributed by atoms with van der Waals surface area (Å²) in [7, 11) is 0. The van der Waals surface area contributed by atoms with E-state index in [0.29, 0.717) is 6.61 Å². The van der Waals surface area contributed by atoms with E-state index in [9.17, 15) is 0 Å². The van der Waals surface area contributed by atoms with Gasteiger partial charge in [0.05, 0.1) is 6.61 Å². The maximum absolute atomic E-state index is 5.44. The highest BCUT2D eigenvalue weighted by molar-refractivity contribution is 9.10. The minimum Gasteiger partial charge on any atom is -0.494 e. The number of allylic oxidation sites excluding steroid dienone is 1. The normalized spacial score (nSPS) is 10.3. The van der Waals surface area contributed by atoms with Crippen LogP contribution < -0.4 is 4.74 Å². The van der Waals surface area contributed by atoms with Crippen LogP contribution in [0, 0.1) is 5.92 Å². The fraction of sp³-hybridized carbons (Fsp3) is 0.250. The molecule has 0 N–H and O–H groups in total. The first kappa shape index (κ1) is 11.3. The molecule has 0 aliphatic rings. The van der Waals surface area contributed by atoms with Gasteiger partial charge in [-0.1, -0.05) is 28.9 Å². The topological polar surface area (TPSA) is 9.23 Å². The molecule has 0 saturated heterocycles. The first-order valence-corrected chi connectivity index (χ1v) is 5.36. The third kappa shape index (κ3) is 2.88. The van der Waals surface area contributed by atoms with Gasteiger partial charge < -0.3 is 4.74 Å². The van der Waals surface area contributed by atoms with Crippen molar-refractivity contribution >= 4 is 15.9 Å². The van der Waals surface area contributed by atoms with Crippen molar-refractivity contribution in [1.29, 1.82) is 0 Å². The summed E-state index contributed by atoms with van der Waals surface area (Å²) in [5.74, 6) is 2.03. The van der Waals surface area contributed by atoms with Crippen molar-refractivity contribution in [3.63, 3.8) is 0 Å². The highest BCUT2D eigenvalue weighted by atomic mass is 79.9. The molecule has 1 aromatic carbocycles. The van der Waals surface area contributed by atoms with Crippen LogP contribution in [0.2, 0.25) is 0 Å². The van der Waals surface area contributed by atoms with Gasteiger partial charge in [-0.3, -0.25) is 0 Å². The van der Waals surface area contributed by atoms with Gasteiger partial charge >= 0.3 is 0 Å². The molecule has 1 aromatic rings. The number of benzene rings is 1. The first-order chi connectivity index (χ1) is 6.67. The Morgan fingerprint density at radius 1 is 1.50 bits per heavy atom. The van der Waals surface area contributed by atoms with Crippen LogP contribution in [0.3, 0.4) is 0 Å². The van der Waals surface area contributed by atoms with E-state index in [-0.39, 0.29) is 0 Å². The summed E-state index contributed by atoms with van der Waals surface area (Å²) < 4.78 is 6.47. The van der Waals surface area contributed by atoms with E-state index < -0.39 is 0 Å². The highest BCUT2D eigenvalue weighted by Gasteiger charge is 2.05. The second kappa shape index (κ2) is 5.20. The lowest BCUT2D eigenvalue weighted by atomic mass is 10.0. The molecule has 0 aromatic heterocycles. The molecule has 0 unspecified atom stereocenters. The second-order valence-electron chi connectivity index (χ2n) is 3.00. The number of hydrogen-bond acceptors (Lipinski definition) is 1. The Bertz CT molecular complexity index is 320. The lowest BCUT2D eigenvalue weighted by molar-refractivity contribution is 0.340. The summed E-state index contributed by atoms with van der Waals surface area (Å²) in [5.41, 5.74) is 1.14. The summed E-state index contributed by atoms with van der Waals surface area (Å²) in [6, 6.07) is 6.04. The van der Waals surface area contributed by atoms with E-state index >= 15 is 0 Å². The van der Waals surface area contributed by atoms with Gasteiger partial charge in [-0.2, -0.15) is 0 Å². The zero-order chi connectivity index (χ0) is 10.6. The molecule has 14 heavy (non-hydrogen) atoms. The van der Waals surface area contributed by atoms with E-state index in [1.54, 1.807) is 0 Å². The standard InChI is InChI=1S/C12H14BrO/c1-4-9(3)10-6-11(13)8-12(7-10)14-5-2/h4,6-8H,1,5H2,2-3H3. The van der Waals surface area contributed by atoms with Crippen LogP contribution in [0.1, 0.15) is 19.4 Å². The highest BCUT2D eigenvalue weighted by Crippen LogP contribution is 2.26. The predicted octanol–water partition coefficient (Wildman–Crippen LogP) is 3.98. The van der Waals surface area contributed by atoms with Crippen LogP contribution >= 0.6 is 15.9 Å². The van der Waals surface area contributed by atoms with Crippen molar-refractivity contribution in [2.75, 3.05) is 6.61 Å². The Morgan fingerprint density at radius 3 is 2.79 bits per heavy atom. The Morgan fingerprint density at radius 2 is 2.21 bits per heavy atom. The van der Waals surface area contributed by atoms with Crippen LogP contribution in [0.4, 0.5) is 0 Å². The maximum atomic E-state index is 5.44. The average molecular weight is 254 g/mol. The van der Waals surface area contributed by atoms with Crippen LogP contribution in [0.15, 0.2) is 35.3 Å². The van der Waals surface area contributed by atoms with Gasteiger partial charge in [0, 0.05) is 10.4 Å². The Balaban J connectivity index is 3.00. The molecule has 1 rings (SSSR count). The zero-order valence-corrected chi connectivity index (χ0v) is 10.1. The van der Waals surface area contributed by atoms with E-state index in [4.69, 9.17) is 4.74 Å². The maximum Gasteiger partial charge on any atom is 0.120 e. The summed E-state index contributed by atoms with van der Waals surface area (Å²) in [6.45, 7) is 8.44. The van der Waals surface area contributed by atoms with Gasteiger partial charge in [0.2, 0.25) is 0 Å². The van der Waals surface area contributed by atoms with E-state index in [1.807, 2.05) is 32.1 Å². The minimum absolute atomic E-state index is 0.684. The lowest BCUT2D eigenvalue weighted by Crippen LogP contribution is -1.95. The number of halogens is 1. The SMILES string of the molecule is C=C[C](C)c1cc(Br)cc(OCC)c1. The smallest absolute Gasteiger partial charge is 0.120 e. The third-order valence-electron chi connectivity index (χ3n) is 1.94. The molecule has 75 valence electrons. The number of hydrogen-bond donors (Lipinski definition) is 0. The minimum atomic E-state index is 0.684. The van der Waals surface area contributed by atoms with Crippen molar-refractivity contribution in [3.8, 4) is 5.75 Å². The first-order valence-electron chi connectivity index (χ1n) is 4.57. The Labute approximate surface area is 93.9 Å².